The van der Waals surface area contributed by atoms with Crippen LogP contribution in [0, 0.1) is 0 Å². The van der Waals surface area contributed by atoms with Crippen LogP contribution in [0.4, 0.5) is 5.69 Å². The van der Waals surface area contributed by atoms with Crippen molar-refractivity contribution in [2.24, 2.45) is 0 Å². The fourth-order valence-corrected chi connectivity index (χ4v) is 5.27. The Morgan fingerprint density at radius 1 is 1.07 bits per heavy atom. The second-order valence-electron chi connectivity index (χ2n) is 6.72. The van der Waals surface area contributed by atoms with Crippen molar-refractivity contribution in [2.45, 2.75) is 31.0 Å². The number of ether oxygens (including phenoxy) is 1. The fraction of sp³-hybridized carbons (Fsp3) is 0.316. The van der Waals surface area contributed by atoms with Crippen LogP contribution >= 0.6 is 23.2 Å². The Morgan fingerprint density at radius 2 is 1.68 bits per heavy atom. The van der Waals surface area contributed by atoms with Crippen LogP contribution in [0.15, 0.2) is 47.4 Å². The molecule has 1 amide bonds. The molecule has 2 aromatic rings. The molecule has 6 nitrogen and oxygen atoms in total. The van der Waals surface area contributed by atoms with Gasteiger partial charge in [-0.15, -0.1) is 0 Å². The molecule has 0 saturated carbocycles. The molecular formula is C19H20Cl2N2O4S. The monoisotopic (exact) mass is 442 g/mol. The number of sulfonamides is 1. The lowest BCUT2D eigenvalue weighted by molar-refractivity contribution is -0.0440. The van der Waals surface area contributed by atoms with Gasteiger partial charge in [-0.1, -0.05) is 29.3 Å². The number of rotatable bonds is 4. The van der Waals surface area contributed by atoms with E-state index in [-0.39, 0.29) is 35.8 Å². The Bertz CT molecular complexity index is 967. The van der Waals surface area contributed by atoms with Crippen LogP contribution < -0.4 is 5.32 Å². The van der Waals surface area contributed by atoms with Crippen LogP contribution in [-0.4, -0.2) is 43.9 Å². The normalized spacial score (nSPS) is 20.7. The number of nitrogens with zero attached hydrogens (tertiary/aromatic N) is 1. The molecule has 0 spiro atoms. The summed E-state index contributed by atoms with van der Waals surface area (Å²) in [5.41, 5.74) is 0.637. The first-order valence-electron chi connectivity index (χ1n) is 8.68. The SMILES string of the molecule is CC1CN(S(=O)(=O)c2cccc(C(=O)Nc3cc(Cl)cc(Cl)c3)c2)CC(C)O1. The van der Waals surface area contributed by atoms with E-state index in [1.807, 2.05) is 13.8 Å². The Hall–Kier alpha value is -1.64. The first-order valence-corrected chi connectivity index (χ1v) is 10.9. The van der Waals surface area contributed by atoms with Crippen molar-refractivity contribution in [1.82, 2.24) is 4.31 Å². The number of carbonyl (C=O) groups is 1. The smallest absolute Gasteiger partial charge is 0.255 e. The number of morpholine rings is 1. The molecule has 28 heavy (non-hydrogen) atoms. The molecule has 0 bridgehead atoms. The third kappa shape index (κ3) is 4.85. The molecule has 0 aromatic heterocycles. The summed E-state index contributed by atoms with van der Waals surface area (Å²) in [5.74, 6) is -0.459. The number of nitrogens with one attached hydrogen (secondary N) is 1. The molecule has 150 valence electrons. The average Bonchev–Trinajstić information content (AvgIpc) is 2.60. The molecule has 2 atom stereocenters. The predicted molar refractivity (Wildman–Crippen MR) is 110 cm³/mol. The summed E-state index contributed by atoms with van der Waals surface area (Å²) < 4.78 is 33.0. The Balaban J connectivity index is 1.84. The Morgan fingerprint density at radius 3 is 2.29 bits per heavy atom. The predicted octanol–water partition coefficient (Wildman–Crippen LogP) is 4.04. The number of amides is 1. The summed E-state index contributed by atoms with van der Waals surface area (Å²) in [6.45, 7) is 4.20. The third-order valence-corrected chi connectivity index (χ3v) is 6.50. The summed E-state index contributed by atoms with van der Waals surface area (Å²) in [6.07, 6.45) is -0.393. The van der Waals surface area contributed by atoms with E-state index in [2.05, 4.69) is 5.32 Å². The maximum absolute atomic E-state index is 13.0. The number of hydrogen-bond acceptors (Lipinski definition) is 4. The molecule has 1 N–H and O–H groups in total. The molecule has 1 heterocycles. The molecule has 1 aliphatic heterocycles. The minimum Gasteiger partial charge on any atom is -0.373 e. The van der Waals surface area contributed by atoms with Crippen LogP contribution in [0.5, 0.6) is 0 Å². The van der Waals surface area contributed by atoms with Crippen molar-refractivity contribution in [3.8, 4) is 0 Å². The van der Waals surface area contributed by atoms with Gasteiger partial charge in [-0.25, -0.2) is 8.42 Å². The van der Waals surface area contributed by atoms with Gasteiger partial charge in [0.1, 0.15) is 0 Å². The minimum atomic E-state index is -3.74. The van der Waals surface area contributed by atoms with Gasteiger partial charge < -0.3 is 10.1 Å². The standard InChI is InChI=1S/C19H20Cl2N2O4S/c1-12-10-23(11-13(2)27-12)28(25,26)18-5-3-4-14(6-18)19(24)22-17-8-15(20)7-16(21)9-17/h3-9,12-13H,10-11H2,1-2H3,(H,22,24). The van der Waals surface area contributed by atoms with Gasteiger partial charge in [0, 0.05) is 34.4 Å². The molecule has 0 radical (unpaired) electrons. The number of anilines is 1. The van der Waals surface area contributed by atoms with Crippen LogP contribution in [0.1, 0.15) is 24.2 Å². The van der Waals surface area contributed by atoms with E-state index in [4.69, 9.17) is 27.9 Å². The summed E-state index contributed by atoms with van der Waals surface area (Å²) in [6, 6.07) is 10.6. The van der Waals surface area contributed by atoms with Gasteiger partial charge in [-0.2, -0.15) is 4.31 Å². The summed E-state index contributed by atoms with van der Waals surface area (Å²) in [7, 11) is -3.74. The highest BCUT2D eigenvalue weighted by Crippen LogP contribution is 2.24. The van der Waals surface area contributed by atoms with Crippen LogP contribution in [-0.2, 0) is 14.8 Å². The highest BCUT2D eigenvalue weighted by Gasteiger charge is 2.32. The summed E-state index contributed by atoms with van der Waals surface area (Å²) >= 11 is 11.9. The van der Waals surface area contributed by atoms with Gasteiger partial charge in [-0.3, -0.25) is 4.79 Å². The molecular weight excluding hydrogens is 423 g/mol. The van der Waals surface area contributed by atoms with Crippen molar-refractivity contribution in [2.75, 3.05) is 18.4 Å². The average molecular weight is 443 g/mol. The number of benzene rings is 2. The first-order chi connectivity index (χ1) is 13.1. The van der Waals surface area contributed by atoms with E-state index in [9.17, 15) is 13.2 Å². The third-order valence-electron chi connectivity index (χ3n) is 4.24. The van der Waals surface area contributed by atoms with E-state index in [0.717, 1.165) is 0 Å². The van der Waals surface area contributed by atoms with E-state index in [1.165, 1.54) is 16.4 Å². The first kappa shape index (κ1) is 21.1. The van der Waals surface area contributed by atoms with Crippen LogP contribution in [0.3, 0.4) is 0 Å². The van der Waals surface area contributed by atoms with Gasteiger partial charge in [0.05, 0.1) is 17.1 Å². The summed E-state index contributed by atoms with van der Waals surface area (Å²) in [4.78, 5) is 12.6. The molecule has 9 heteroatoms. The van der Waals surface area contributed by atoms with Crippen LogP contribution in [0.25, 0.3) is 0 Å². The van der Waals surface area contributed by atoms with Crippen molar-refractivity contribution < 1.29 is 17.9 Å². The minimum absolute atomic E-state index is 0.0607. The zero-order valence-corrected chi connectivity index (χ0v) is 17.7. The van der Waals surface area contributed by atoms with Crippen LogP contribution in [0.2, 0.25) is 10.0 Å². The van der Waals surface area contributed by atoms with Crippen molar-refractivity contribution >= 4 is 44.8 Å². The largest absolute Gasteiger partial charge is 0.373 e. The van der Waals surface area contributed by atoms with Gasteiger partial charge in [-0.05, 0) is 50.2 Å². The molecule has 3 rings (SSSR count). The number of hydrogen-bond donors (Lipinski definition) is 1. The number of carbonyl (C=O) groups excluding carboxylic acids is 1. The lowest BCUT2D eigenvalue weighted by atomic mass is 10.2. The summed E-state index contributed by atoms with van der Waals surface area (Å²) in [5, 5.41) is 3.44. The van der Waals surface area contributed by atoms with Crippen molar-refractivity contribution in [3.05, 3.63) is 58.1 Å². The zero-order chi connectivity index (χ0) is 20.5. The van der Waals surface area contributed by atoms with Gasteiger partial charge in [0.15, 0.2) is 0 Å². The lowest BCUT2D eigenvalue weighted by Crippen LogP contribution is -2.48. The van der Waals surface area contributed by atoms with E-state index < -0.39 is 15.9 Å². The van der Waals surface area contributed by atoms with Gasteiger partial charge >= 0.3 is 0 Å². The second-order valence-corrected chi connectivity index (χ2v) is 9.53. The maximum atomic E-state index is 13.0. The topological polar surface area (TPSA) is 75.7 Å². The molecule has 2 aromatic carbocycles. The highest BCUT2D eigenvalue weighted by molar-refractivity contribution is 7.89. The van der Waals surface area contributed by atoms with Crippen molar-refractivity contribution in [3.63, 3.8) is 0 Å². The van der Waals surface area contributed by atoms with E-state index in [1.54, 1.807) is 30.3 Å². The molecule has 1 aliphatic rings. The molecule has 0 aliphatic carbocycles. The highest BCUT2D eigenvalue weighted by atomic mass is 35.5. The van der Waals surface area contributed by atoms with Gasteiger partial charge in [0.2, 0.25) is 10.0 Å². The zero-order valence-electron chi connectivity index (χ0n) is 15.4. The quantitative estimate of drug-likeness (QED) is 0.774. The molecule has 1 fully saturated rings. The Labute approximate surface area is 174 Å². The van der Waals surface area contributed by atoms with Crippen molar-refractivity contribution in [1.29, 1.82) is 0 Å². The van der Waals surface area contributed by atoms with E-state index in [0.29, 0.717) is 15.7 Å². The lowest BCUT2D eigenvalue weighted by Gasteiger charge is -2.34. The molecule has 2 unspecified atom stereocenters. The Kier molecular flexibility index (Phi) is 6.31. The number of halogens is 2. The second kappa shape index (κ2) is 8.39. The molecule has 1 saturated heterocycles. The van der Waals surface area contributed by atoms with Gasteiger partial charge in [0.25, 0.3) is 5.91 Å². The maximum Gasteiger partial charge on any atom is 0.255 e. The fourth-order valence-electron chi connectivity index (χ4n) is 3.10. The van der Waals surface area contributed by atoms with E-state index >= 15 is 0 Å².